The Balaban J connectivity index is 1.72. The fourth-order valence-electron chi connectivity index (χ4n) is 4.61. The fourth-order valence-corrected chi connectivity index (χ4v) is 4.61. The average molecular weight is 330 g/mol. The third kappa shape index (κ3) is 6.15. The van der Waals surface area contributed by atoms with Crippen molar-refractivity contribution in [3.8, 4) is 0 Å². The molecule has 0 aromatic rings. The van der Waals surface area contributed by atoms with Crippen LogP contribution in [0.15, 0.2) is 12.2 Å². The number of halogens is 3. The highest BCUT2D eigenvalue weighted by Gasteiger charge is 2.37. The minimum absolute atomic E-state index is 0.167. The van der Waals surface area contributed by atoms with Crippen LogP contribution in [0, 0.1) is 23.7 Å². The molecule has 2 saturated carbocycles. The standard InChI is InChI=1S/C20H33F3/c1-2-7-19(20(21,22)23)11-6-8-16-12-14-18(15-13-16)17-9-4-3-5-10-17/h6,8,16-19H,2-5,7,9-15H2,1H3. The lowest BCUT2D eigenvalue weighted by Gasteiger charge is -2.35. The van der Waals surface area contributed by atoms with Gasteiger partial charge in [-0.1, -0.05) is 57.6 Å². The van der Waals surface area contributed by atoms with Crippen molar-refractivity contribution in [2.45, 2.75) is 90.1 Å². The molecule has 3 heteroatoms. The molecule has 2 rings (SSSR count). The van der Waals surface area contributed by atoms with Crippen LogP contribution in [0.5, 0.6) is 0 Å². The molecular formula is C20H33F3. The number of allylic oxidation sites excluding steroid dienone is 2. The molecule has 0 heterocycles. The lowest BCUT2D eigenvalue weighted by Crippen LogP contribution is -2.23. The first kappa shape index (κ1) is 18.9. The highest BCUT2D eigenvalue weighted by Crippen LogP contribution is 2.40. The van der Waals surface area contributed by atoms with E-state index in [9.17, 15) is 13.2 Å². The zero-order valence-electron chi connectivity index (χ0n) is 14.6. The van der Waals surface area contributed by atoms with E-state index in [1.165, 1.54) is 57.8 Å². The predicted octanol–water partition coefficient (Wildman–Crippen LogP) is 7.30. The molecule has 0 aromatic carbocycles. The second-order valence-electron chi connectivity index (χ2n) is 7.76. The van der Waals surface area contributed by atoms with Crippen LogP contribution in [0.25, 0.3) is 0 Å². The SMILES string of the molecule is CCCC(CC=CC1CCC(C2CCCCC2)CC1)C(F)(F)F. The van der Waals surface area contributed by atoms with Crippen molar-refractivity contribution in [2.75, 3.05) is 0 Å². The van der Waals surface area contributed by atoms with E-state index in [0.29, 0.717) is 12.3 Å². The predicted molar refractivity (Wildman–Crippen MR) is 90.2 cm³/mol. The normalized spacial score (nSPS) is 29.0. The van der Waals surface area contributed by atoms with Crippen molar-refractivity contribution in [3.05, 3.63) is 12.2 Å². The zero-order chi connectivity index (χ0) is 16.7. The number of hydrogen-bond donors (Lipinski definition) is 0. The quantitative estimate of drug-likeness (QED) is 0.448. The zero-order valence-corrected chi connectivity index (χ0v) is 14.6. The number of hydrogen-bond acceptors (Lipinski definition) is 0. The van der Waals surface area contributed by atoms with Gasteiger partial charge in [0.2, 0.25) is 0 Å². The number of rotatable bonds is 6. The third-order valence-corrected chi connectivity index (χ3v) is 6.06. The summed E-state index contributed by atoms with van der Waals surface area (Å²) in [6, 6.07) is 0. The molecule has 0 spiro atoms. The van der Waals surface area contributed by atoms with Crippen LogP contribution < -0.4 is 0 Å². The molecule has 1 unspecified atom stereocenters. The van der Waals surface area contributed by atoms with E-state index in [1.54, 1.807) is 0 Å². The lowest BCUT2D eigenvalue weighted by molar-refractivity contribution is -0.175. The van der Waals surface area contributed by atoms with Crippen molar-refractivity contribution in [2.24, 2.45) is 23.7 Å². The smallest absolute Gasteiger partial charge is 0.171 e. The van der Waals surface area contributed by atoms with Crippen molar-refractivity contribution in [1.29, 1.82) is 0 Å². The first-order chi connectivity index (χ1) is 11.0. The monoisotopic (exact) mass is 330 g/mol. The maximum Gasteiger partial charge on any atom is 0.392 e. The van der Waals surface area contributed by atoms with Gasteiger partial charge in [0.25, 0.3) is 0 Å². The molecule has 2 aliphatic carbocycles. The van der Waals surface area contributed by atoms with Gasteiger partial charge in [-0.05, 0) is 56.3 Å². The van der Waals surface area contributed by atoms with Crippen molar-refractivity contribution in [3.63, 3.8) is 0 Å². The summed E-state index contributed by atoms with van der Waals surface area (Å²) in [5, 5.41) is 0. The van der Waals surface area contributed by atoms with Gasteiger partial charge in [0.15, 0.2) is 0 Å². The Bertz CT molecular complexity index is 344. The molecule has 0 radical (unpaired) electrons. The van der Waals surface area contributed by atoms with Gasteiger partial charge < -0.3 is 0 Å². The van der Waals surface area contributed by atoms with Crippen molar-refractivity contribution < 1.29 is 13.2 Å². The van der Waals surface area contributed by atoms with Gasteiger partial charge >= 0.3 is 6.18 Å². The molecule has 0 aliphatic heterocycles. The van der Waals surface area contributed by atoms with Gasteiger partial charge in [0.1, 0.15) is 0 Å². The third-order valence-electron chi connectivity index (χ3n) is 6.06. The minimum Gasteiger partial charge on any atom is -0.171 e. The Kier molecular flexibility index (Phi) is 7.49. The van der Waals surface area contributed by atoms with E-state index in [4.69, 9.17) is 0 Å². The first-order valence-corrected chi connectivity index (χ1v) is 9.74. The lowest BCUT2D eigenvalue weighted by atomic mass is 9.71. The fraction of sp³-hybridized carbons (Fsp3) is 0.900. The van der Waals surface area contributed by atoms with Gasteiger partial charge in [-0.2, -0.15) is 13.2 Å². The summed E-state index contributed by atoms with van der Waals surface area (Å²) < 4.78 is 38.7. The van der Waals surface area contributed by atoms with Crippen LogP contribution >= 0.6 is 0 Å². The number of alkyl halides is 3. The second kappa shape index (κ2) is 9.13. The highest BCUT2D eigenvalue weighted by molar-refractivity contribution is 4.94. The summed E-state index contributed by atoms with van der Waals surface area (Å²) in [4.78, 5) is 0. The van der Waals surface area contributed by atoms with E-state index in [2.05, 4.69) is 6.08 Å². The van der Waals surface area contributed by atoms with Crippen LogP contribution in [0.1, 0.15) is 84.0 Å². The summed E-state index contributed by atoms with van der Waals surface area (Å²) in [6.45, 7) is 1.83. The Morgan fingerprint density at radius 1 is 0.913 bits per heavy atom. The topological polar surface area (TPSA) is 0 Å². The van der Waals surface area contributed by atoms with Gasteiger partial charge in [0.05, 0.1) is 5.92 Å². The van der Waals surface area contributed by atoms with Gasteiger partial charge in [-0.15, -0.1) is 0 Å². The highest BCUT2D eigenvalue weighted by atomic mass is 19.4. The van der Waals surface area contributed by atoms with Crippen molar-refractivity contribution >= 4 is 0 Å². The van der Waals surface area contributed by atoms with E-state index in [-0.39, 0.29) is 12.8 Å². The van der Waals surface area contributed by atoms with E-state index >= 15 is 0 Å². The maximum absolute atomic E-state index is 12.9. The molecule has 2 aliphatic rings. The van der Waals surface area contributed by atoms with E-state index < -0.39 is 12.1 Å². The molecule has 134 valence electrons. The molecule has 0 nitrogen and oxygen atoms in total. The van der Waals surface area contributed by atoms with Crippen LogP contribution in [0.3, 0.4) is 0 Å². The summed E-state index contributed by atoms with van der Waals surface area (Å²) in [5.74, 6) is 1.20. The van der Waals surface area contributed by atoms with Gasteiger partial charge in [-0.25, -0.2) is 0 Å². The maximum atomic E-state index is 12.9. The molecule has 0 aromatic heterocycles. The van der Waals surface area contributed by atoms with Crippen LogP contribution in [-0.4, -0.2) is 6.18 Å². The second-order valence-corrected chi connectivity index (χ2v) is 7.76. The summed E-state index contributed by atoms with van der Waals surface area (Å²) in [6.07, 6.45) is 12.9. The molecule has 0 N–H and O–H groups in total. The Hall–Kier alpha value is -0.470. The molecule has 0 bridgehead atoms. The average Bonchev–Trinajstić information content (AvgIpc) is 2.54. The molecular weight excluding hydrogens is 297 g/mol. The molecule has 0 saturated heterocycles. The van der Waals surface area contributed by atoms with Crippen LogP contribution in [0.4, 0.5) is 13.2 Å². The van der Waals surface area contributed by atoms with Crippen LogP contribution in [-0.2, 0) is 0 Å². The molecule has 2 fully saturated rings. The summed E-state index contributed by atoms with van der Waals surface area (Å²) in [7, 11) is 0. The first-order valence-electron chi connectivity index (χ1n) is 9.74. The molecule has 1 atom stereocenters. The van der Waals surface area contributed by atoms with Gasteiger partial charge in [0, 0.05) is 0 Å². The van der Waals surface area contributed by atoms with E-state index in [0.717, 1.165) is 11.8 Å². The van der Waals surface area contributed by atoms with Crippen molar-refractivity contribution in [1.82, 2.24) is 0 Å². The van der Waals surface area contributed by atoms with Crippen LogP contribution in [0.2, 0.25) is 0 Å². The van der Waals surface area contributed by atoms with E-state index in [1.807, 2.05) is 13.0 Å². The summed E-state index contributed by atoms with van der Waals surface area (Å²) in [5.41, 5.74) is 0. The Morgan fingerprint density at radius 3 is 2.09 bits per heavy atom. The Morgan fingerprint density at radius 2 is 1.52 bits per heavy atom. The Labute approximate surface area is 139 Å². The summed E-state index contributed by atoms with van der Waals surface area (Å²) >= 11 is 0. The van der Waals surface area contributed by atoms with Gasteiger partial charge in [-0.3, -0.25) is 0 Å². The molecule has 23 heavy (non-hydrogen) atoms. The largest absolute Gasteiger partial charge is 0.392 e. The minimum atomic E-state index is -4.04. The molecule has 0 amide bonds.